The Labute approximate surface area is 122 Å². The Kier molecular flexibility index (Phi) is 3.79. The molecule has 108 valence electrons. The van der Waals surface area contributed by atoms with Crippen LogP contribution in [0.4, 0.5) is 5.82 Å². The molecule has 0 saturated heterocycles. The van der Waals surface area contributed by atoms with E-state index in [2.05, 4.69) is 32.5 Å². The minimum atomic E-state index is 0.0579. The smallest absolute Gasteiger partial charge is 0.254 e. The van der Waals surface area contributed by atoms with E-state index in [0.717, 1.165) is 23.5 Å². The molecule has 3 rings (SSSR count). The first-order valence-electron chi connectivity index (χ1n) is 6.87. The molecule has 0 unspecified atom stereocenters. The molecular weight excluding hydrogens is 266 g/mol. The number of aryl methyl sites for hydroxylation is 1. The van der Waals surface area contributed by atoms with Gasteiger partial charge in [-0.15, -0.1) is 0 Å². The summed E-state index contributed by atoms with van der Waals surface area (Å²) in [6, 6.07) is 10.2. The average Bonchev–Trinajstić information content (AvgIpc) is 2.96. The molecule has 0 aliphatic carbocycles. The summed E-state index contributed by atoms with van der Waals surface area (Å²) in [4.78, 5) is 8.62. The molecule has 0 aliphatic rings. The summed E-state index contributed by atoms with van der Waals surface area (Å²) < 4.78 is 1.68. The number of nitrogens with one attached hydrogen (secondary N) is 1. The molecule has 0 amide bonds. The van der Waals surface area contributed by atoms with Crippen LogP contribution in [0.15, 0.2) is 36.7 Å². The highest BCUT2D eigenvalue weighted by Gasteiger charge is 2.14. The molecule has 0 saturated carbocycles. The Hall–Kier alpha value is -2.47. The van der Waals surface area contributed by atoms with E-state index in [1.165, 1.54) is 11.9 Å². The van der Waals surface area contributed by atoms with Gasteiger partial charge in [0.05, 0.1) is 6.61 Å². The third-order valence-corrected chi connectivity index (χ3v) is 3.36. The Morgan fingerprint density at radius 1 is 1.24 bits per heavy atom. The van der Waals surface area contributed by atoms with E-state index in [4.69, 9.17) is 5.11 Å². The average molecular weight is 283 g/mol. The van der Waals surface area contributed by atoms with Crippen LogP contribution in [0.5, 0.6) is 0 Å². The first-order chi connectivity index (χ1) is 10.3. The van der Waals surface area contributed by atoms with Crippen LogP contribution in [-0.4, -0.2) is 37.8 Å². The fourth-order valence-electron chi connectivity index (χ4n) is 2.35. The maximum atomic E-state index is 9.08. The summed E-state index contributed by atoms with van der Waals surface area (Å²) in [5.41, 5.74) is 3.18. The number of rotatable bonds is 5. The van der Waals surface area contributed by atoms with E-state index < -0.39 is 0 Å². The van der Waals surface area contributed by atoms with Crippen molar-refractivity contribution in [3.05, 3.63) is 53.5 Å². The molecule has 0 radical (unpaired) electrons. The minimum absolute atomic E-state index is 0.0579. The SMILES string of the molecule is Cc1nc2ncnn2c(NCCO)c1Cc1ccccc1. The van der Waals surface area contributed by atoms with E-state index >= 15 is 0 Å². The van der Waals surface area contributed by atoms with Gasteiger partial charge in [-0.05, 0) is 12.5 Å². The monoisotopic (exact) mass is 283 g/mol. The predicted molar refractivity (Wildman–Crippen MR) is 80.3 cm³/mol. The predicted octanol–water partition coefficient (Wildman–Crippen LogP) is 1.43. The van der Waals surface area contributed by atoms with Gasteiger partial charge >= 0.3 is 0 Å². The molecule has 0 spiro atoms. The molecule has 2 N–H and O–H groups in total. The van der Waals surface area contributed by atoms with Crippen LogP contribution in [0.1, 0.15) is 16.8 Å². The maximum absolute atomic E-state index is 9.08. The molecule has 0 fully saturated rings. The van der Waals surface area contributed by atoms with Crippen LogP contribution in [0, 0.1) is 6.92 Å². The van der Waals surface area contributed by atoms with Gasteiger partial charge in [0.2, 0.25) is 0 Å². The van der Waals surface area contributed by atoms with Gasteiger partial charge in [-0.25, -0.2) is 4.98 Å². The summed E-state index contributed by atoms with van der Waals surface area (Å²) >= 11 is 0. The van der Waals surface area contributed by atoms with Gasteiger partial charge in [-0.3, -0.25) is 0 Å². The number of anilines is 1. The van der Waals surface area contributed by atoms with Crippen molar-refractivity contribution in [2.75, 3.05) is 18.5 Å². The Morgan fingerprint density at radius 2 is 2.05 bits per heavy atom. The van der Waals surface area contributed by atoms with Gasteiger partial charge < -0.3 is 10.4 Å². The molecular formula is C15H17N5O. The molecule has 6 heteroatoms. The van der Waals surface area contributed by atoms with E-state index in [-0.39, 0.29) is 6.61 Å². The summed E-state index contributed by atoms with van der Waals surface area (Å²) in [7, 11) is 0. The van der Waals surface area contributed by atoms with Gasteiger partial charge in [0.1, 0.15) is 12.1 Å². The molecule has 6 nitrogen and oxygen atoms in total. The van der Waals surface area contributed by atoms with Crippen molar-refractivity contribution in [2.45, 2.75) is 13.3 Å². The van der Waals surface area contributed by atoms with Crippen LogP contribution >= 0.6 is 0 Å². The minimum Gasteiger partial charge on any atom is -0.395 e. The van der Waals surface area contributed by atoms with Crippen LogP contribution in [0.25, 0.3) is 5.78 Å². The second kappa shape index (κ2) is 5.88. The zero-order valence-electron chi connectivity index (χ0n) is 11.8. The lowest BCUT2D eigenvalue weighted by Gasteiger charge is -2.14. The Morgan fingerprint density at radius 3 is 2.81 bits per heavy atom. The fraction of sp³-hybridized carbons (Fsp3) is 0.267. The highest BCUT2D eigenvalue weighted by Crippen LogP contribution is 2.22. The first kappa shape index (κ1) is 13.5. The van der Waals surface area contributed by atoms with Gasteiger partial charge in [-0.2, -0.15) is 14.6 Å². The van der Waals surface area contributed by atoms with Crippen LogP contribution < -0.4 is 5.32 Å². The normalized spacial score (nSPS) is 11.0. The highest BCUT2D eigenvalue weighted by atomic mass is 16.3. The van der Waals surface area contributed by atoms with Crippen molar-refractivity contribution in [3.8, 4) is 0 Å². The third kappa shape index (κ3) is 2.71. The zero-order valence-corrected chi connectivity index (χ0v) is 11.8. The van der Waals surface area contributed by atoms with E-state index in [1.807, 2.05) is 25.1 Å². The lowest BCUT2D eigenvalue weighted by Crippen LogP contribution is -2.14. The fourth-order valence-corrected chi connectivity index (χ4v) is 2.35. The molecule has 3 aromatic rings. The Balaban J connectivity index is 2.08. The largest absolute Gasteiger partial charge is 0.395 e. The topological polar surface area (TPSA) is 75.3 Å². The molecule has 2 heterocycles. The van der Waals surface area contributed by atoms with Crippen molar-refractivity contribution in [2.24, 2.45) is 0 Å². The maximum Gasteiger partial charge on any atom is 0.254 e. The number of nitrogens with zero attached hydrogens (tertiary/aromatic N) is 4. The number of hydrogen-bond acceptors (Lipinski definition) is 5. The molecule has 21 heavy (non-hydrogen) atoms. The molecule has 0 aliphatic heterocycles. The highest BCUT2D eigenvalue weighted by molar-refractivity contribution is 5.54. The second-order valence-corrected chi connectivity index (χ2v) is 4.81. The van der Waals surface area contributed by atoms with Crippen molar-refractivity contribution in [3.63, 3.8) is 0 Å². The summed E-state index contributed by atoms with van der Waals surface area (Å²) in [5.74, 6) is 1.40. The number of fused-ring (bicyclic) bond motifs is 1. The van der Waals surface area contributed by atoms with Crippen molar-refractivity contribution in [1.82, 2.24) is 19.6 Å². The summed E-state index contributed by atoms with van der Waals surface area (Å²) in [6.45, 7) is 2.49. The van der Waals surface area contributed by atoms with E-state index in [1.54, 1.807) is 4.52 Å². The van der Waals surface area contributed by atoms with Crippen LogP contribution in [0.3, 0.4) is 0 Å². The van der Waals surface area contributed by atoms with Crippen LogP contribution in [0.2, 0.25) is 0 Å². The van der Waals surface area contributed by atoms with Gasteiger partial charge in [0, 0.05) is 24.2 Å². The lowest BCUT2D eigenvalue weighted by atomic mass is 10.0. The number of aliphatic hydroxyl groups is 1. The number of aliphatic hydroxyl groups excluding tert-OH is 1. The molecule has 1 aromatic carbocycles. The van der Waals surface area contributed by atoms with Crippen molar-refractivity contribution < 1.29 is 5.11 Å². The standard InChI is InChI=1S/C15H17N5O/c1-11-13(9-12-5-3-2-4-6-12)14(16-7-8-21)20-15(19-11)17-10-18-20/h2-6,10,16,21H,7-9H2,1H3. The van der Waals surface area contributed by atoms with Gasteiger partial charge in [-0.1, -0.05) is 30.3 Å². The van der Waals surface area contributed by atoms with E-state index in [0.29, 0.717) is 12.3 Å². The number of aromatic nitrogens is 4. The molecule has 0 atom stereocenters. The zero-order chi connectivity index (χ0) is 14.7. The Bertz CT molecular complexity index is 738. The number of benzene rings is 1. The summed E-state index contributed by atoms with van der Waals surface area (Å²) in [5, 5.41) is 16.5. The number of hydrogen-bond donors (Lipinski definition) is 2. The first-order valence-corrected chi connectivity index (χ1v) is 6.87. The summed E-state index contributed by atoms with van der Waals surface area (Å²) in [6.07, 6.45) is 2.24. The lowest BCUT2D eigenvalue weighted by molar-refractivity contribution is 0.311. The molecule has 2 aromatic heterocycles. The van der Waals surface area contributed by atoms with E-state index in [9.17, 15) is 0 Å². The molecule has 0 bridgehead atoms. The van der Waals surface area contributed by atoms with Crippen molar-refractivity contribution in [1.29, 1.82) is 0 Å². The van der Waals surface area contributed by atoms with Gasteiger partial charge in [0.25, 0.3) is 5.78 Å². The second-order valence-electron chi connectivity index (χ2n) is 4.81. The van der Waals surface area contributed by atoms with Crippen LogP contribution in [-0.2, 0) is 6.42 Å². The van der Waals surface area contributed by atoms with Gasteiger partial charge in [0.15, 0.2) is 0 Å². The van der Waals surface area contributed by atoms with Crippen molar-refractivity contribution >= 4 is 11.6 Å². The quantitative estimate of drug-likeness (QED) is 0.741. The third-order valence-electron chi connectivity index (χ3n) is 3.36.